The van der Waals surface area contributed by atoms with Crippen LogP contribution in [0, 0.1) is 17.3 Å². The summed E-state index contributed by atoms with van der Waals surface area (Å²) in [5, 5.41) is 21.6. The molecule has 1 saturated heterocycles. The molecule has 2 aliphatic carbocycles. The number of fused-ring (bicyclic) bond motifs is 3. The van der Waals surface area contributed by atoms with Crippen molar-refractivity contribution in [2.45, 2.75) is 57.3 Å². The molecule has 3 aliphatic rings. The van der Waals surface area contributed by atoms with Crippen LogP contribution in [0.15, 0.2) is 12.2 Å². The van der Waals surface area contributed by atoms with Crippen LogP contribution >= 0.6 is 0 Å². The molecule has 1 heterocycles. The van der Waals surface area contributed by atoms with Gasteiger partial charge in [0.05, 0.1) is 12.0 Å². The largest absolute Gasteiger partial charge is 0.458 e. The molecule has 0 aromatic carbocycles. The van der Waals surface area contributed by atoms with Crippen molar-refractivity contribution < 1.29 is 19.7 Å². The first-order valence-electron chi connectivity index (χ1n) is 7.11. The highest BCUT2D eigenvalue weighted by atomic mass is 16.6. The number of carbonyl (C=O) groups is 1. The molecule has 2 saturated carbocycles. The van der Waals surface area contributed by atoms with Gasteiger partial charge in [0, 0.05) is 11.3 Å². The van der Waals surface area contributed by atoms with Gasteiger partial charge < -0.3 is 14.9 Å². The monoisotopic (exact) mass is 266 g/mol. The highest BCUT2D eigenvalue weighted by Gasteiger charge is 2.67. The first kappa shape index (κ1) is 13.1. The van der Waals surface area contributed by atoms with Gasteiger partial charge in [0.25, 0.3) is 0 Å². The average molecular weight is 266 g/mol. The minimum absolute atomic E-state index is 0.0348. The Balaban J connectivity index is 2.08. The quantitative estimate of drug-likeness (QED) is 0.514. The van der Waals surface area contributed by atoms with Gasteiger partial charge in [0.2, 0.25) is 0 Å². The van der Waals surface area contributed by atoms with Crippen molar-refractivity contribution in [3.63, 3.8) is 0 Å². The van der Waals surface area contributed by atoms with E-state index in [9.17, 15) is 15.0 Å². The fraction of sp³-hybridized carbons (Fsp3) is 0.800. The fourth-order valence-electron chi connectivity index (χ4n) is 4.38. The van der Waals surface area contributed by atoms with E-state index in [0.717, 1.165) is 6.42 Å². The second-order valence-corrected chi connectivity index (χ2v) is 6.69. The molecule has 3 fully saturated rings. The lowest BCUT2D eigenvalue weighted by Crippen LogP contribution is -2.67. The number of rotatable bonds is 0. The molecule has 0 radical (unpaired) electrons. The van der Waals surface area contributed by atoms with Crippen molar-refractivity contribution >= 4 is 5.97 Å². The van der Waals surface area contributed by atoms with E-state index >= 15 is 0 Å². The lowest BCUT2D eigenvalue weighted by atomic mass is 9.51. The van der Waals surface area contributed by atoms with Crippen molar-refractivity contribution in [3.8, 4) is 0 Å². The summed E-state index contributed by atoms with van der Waals surface area (Å²) < 4.78 is 5.47. The molecule has 4 heteroatoms. The third kappa shape index (κ3) is 1.39. The third-order valence-corrected chi connectivity index (χ3v) is 5.92. The smallest absolute Gasteiger partial charge is 0.309 e. The van der Waals surface area contributed by atoms with E-state index in [4.69, 9.17) is 4.74 Å². The summed E-state index contributed by atoms with van der Waals surface area (Å²) in [6, 6.07) is 0. The summed E-state index contributed by atoms with van der Waals surface area (Å²) in [4.78, 5) is 11.8. The van der Waals surface area contributed by atoms with E-state index in [1.165, 1.54) is 0 Å². The molecule has 0 unspecified atom stereocenters. The van der Waals surface area contributed by atoms with Crippen LogP contribution in [0.25, 0.3) is 0 Å². The normalized spacial score (nSPS) is 53.5. The minimum Gasteiger partial charge on any atom is -0.458 e. The Labute approximate surface area is 113 Å². The second kappa shape index (κ2) is 3.83. The highest BCUT2D eigenvalue weighted by Crippen LogP contribution is 2.59. The van der Waals surface area contributed by atoms with Gasteiger partial charge >= 0.3 is 5.97 Å². The lowest BCUT2D eigenvalue weighted by molar-refractivity contribution is -0.216. The molecule has 4 nitrogen and oxygen atoms in total. The molecule has 6 atom stereocenters. The molecule has 0 spiro atoms. The Morgan fingerprint density at radius 3 is 2.79 bits per heavy atom. The van der Waals surface area contributed by atoms with E-state index < -0.39 is 23.2 Å². The predicted octanol–water partition coefficient (Wildman–Crippen LogP) is 1.41. The first-order valence-corrected chi connectivity index (χ1v) is 7.11. The average Bonchev–Trinajstić information content (AvgIpc) is 2.66. The molecule has 0 aromatic heterocycles. The maximum absolute atomic E-state index is 11.8. The summed E-state index contributed by atoms with van der Waals surface area (Å²) in [6.07, 6.45) is 1.60. The number of hydrogen-bond donors (Lipinski definition) is 2. The van der Waals surface area contributed by atoms with Gasteiger partial charge in [-0.05, 0) is 31.3 Å². The van der Waals surface area contributed by atoms with Gasteiger partial charge in [-0.15, -0.1) is 0 Å². The molecule has 3 rings (SSSR count). The van der Waals surface area contributed by atoms with E-state index in [-0.39, 0.29) is 17.8 Å². The number of aliphatic hydroxyl groups is 2. The van der Waals surface area contributed by atoms with Gasteiger partial charge in [-0.2, -0.15) is 0 Å². The zero-order valence-electron chi connectivity index (χ0n) is 11.6. The Morgan fingerprint density at radius 2 is 2.11 bits per heavy atom. The van der Waals surface area contributed by atoms with Crippen LogP contribution in [0.3, 0.4) is 0 Å². The predicted molar refractivity (Wildman–Crippen MR) is 69.2 cm³/mol. The summed E-state index contributed by atoms with van der Waals surface area (Å²) in [6.45, 7) is 7.77. The van der Waals surface area contributed by atoms with Crippen molar-refractivity contribution in [3.05, 3.63) is 12.2 Å². The fourth-order valence-corrected chi connectivity index (χ4v) is 4.38. The number of esters is 1. The van der Waals surface area contributed by atoms with Crippen LogP contribution in [-0.4, -0.2) is 34.0 Å². The number of ether oxygens (including phenoxy) is 1. The zero-order chi connectivity index (χ0) is 14.0. The molecular weight excluding hydrogens is 244 g/mol. The topological polar surface area (TPSA) is 66.8 Å². The maximum atomic E-state index is 11.8. The zero-order valence-corrected chi connectivity index (χ0v) is 11.6. The standard InChI is InChI=1S/C15H22O4/c1-8-4-5-11(16)14(3)7-6-10-9(2)13(17)19-12(10)15(8,14)18/h9-12,16,18H,1,4-7H2,2-3H3/t9-,10+,11-,12-,14+,15-/m1/s1. The first-order chi connectivity index (χ1) is 8.82. The van der Waals surface area contributed by atoms with Crippen molar-refractivity contribution in [2.75, 3.05) is 0 Å². The molecule has 106 valence electrons. The maximum Gasteiger partial charge on any atom is 0.309 e. The van der Waals surface area contributed by atoms with Crippen molar-refractivity contribution in [2.24, 2.45) is 17.3 Å². The van der Waals surface area contributed by atoms with Gasteiger partial charge in [-0.25, -0.2) is 0 Å². The van der Waals surface area contributed by atoms with E-state index in [0.29, 0.717) is 24.8 Å². The summed E-state index contributed by atoms with van der Waals surface area (Å²) >= 11 is 0. The molecule has 0 bridgehead atoms. The van der Waals surface area contributed by atoms with Crippen molar-refractivity contribution in [1.29, 1.82) is 0 Å². The SMILES string of the molecule is C=C1CC[C@@H](O)[C@]2(C)CC[C@@H]3[C@@H](OC(=O)[C@@H]3C)[C@]12O. The minimum atomic E-state index is -1.28. The molecule has 2 N–H and O–H groups in total. The van der Waals surface area contributed by atoms with Gasteiger partial charge in [-0.1, -0.05) is 20.4 Å². The Hall–Kier alpha value is -0.870. The van der Waals surface area contributed by atoms with Crippen LogP contribution in [0.5, 0.6) is 0 Å². The van der Waals surface area contributed by atoms with E-state index in [1.54, 1.807) is 0 Å². The summed E-state index contributed by atoms with van der Waals surface area (Å²) in [7, 11) is 0. The van der Waals surface area contributed by atoms with Crippen LogP contribution in [0.1, 0.15) is 39.5 Å². The lowest BCUT2D eigenvalue weighted by Gasteiger charge is -2.58. The number of aliphatic hydroxyl groups excluding tert-OH is 1. The van der Waals surface area contributed by atoms with Gasteiger partial charge in [0.1, 0.15) is 11.7 Å². The molecule has 19 heavy (non-hydrogen) atoms. The van der Waals surface area contributed by atoms with Crippen LogP contribution in [0.4, 0.5) is 0 Å². The van der Waals surface area contributed by atoms with E-state index in [2.05, 4.69) is 6.58 Å². The molecule has 0 amide bonds. The molecular formula is C15H22O4. The Kier molecular flexibility index (Phi) is 2.64. The van der Waals surface area contributed by atoms with E-state index in [1.807, 2.05) is 13.8 Å². The Morgan fingerprint density at radius 1 is 1.42 bits per heavy atom. The van der Waals surface area contributed by atoms with Crippen LogP contribution < -0.4 is 0 Å². The second-order valence-electron chi connectivity index (χ2n) is 6.69. The van der Waals surface area contributed by atoms with Crippen LogP contribution in [0.2, 0.25) is 0 Å². The Bertz CT molecular complexity index is 445. The summed E-state index contributed by atoms with van der Waals surface area (Å²) in [5.74, 6) is -0.376. The van der Waals surface area contributed by atoms with Gasteiger partial charge in [-0.3, -0.25) is 4.79 Å². The third-order valence-electron chi connectivity index (χ3n) is 5.92. The van der Waals surface area contributed by atoms with Gasteiger partial charge in [0.15, 0.2) is 0 Å². The van der Waals surface area contributed by atoms with Crippen molar-refractivity contribution in [1.82, 2.24) is 0 Å². The number of hydrogen-bond acceptors (Lipinski definition) is 4. The van der Waals surface area contributed by atoms with Crippen LogP contribution in [-0.2, 0) is 9.53 Å². The number of carbonyl (C=O) groups excluding carboxylic acids is 1. The summed E-state index contributed by atoms with van der Waals surface area (Å²) in [5.41, 5.74) is -1.24. The molecule has 0 aromatic rings. The highest BCUT2D eigenvalue weighted by molar-refractivity contribution is 5.75. The molecule has 1 aliphatic heterocycles.